The number of benzene rings is 1. The molecule has 1 saturated carbocycles. The van der Waals surface area contributed by atoms with E-state index in [1.54, 1.807) is 0 Å². The summed E-state index contributed by atoms with van der Waals surface area (Å²) in [5.41, 5.74) is -0.422. The summed E-state index contributed by atoms with van der Waals surface area (Å²) < 4.78 is 49.8. The Morgan fingerprint density at radius 3 is 2.43 bits per heavy atom. The monoisotopic (exact) mass is 338 g/mol. The lowest BCUT2D eigenvalue weighted by molar-refractivity contribution is 0.0651. The van der Waals surface area contributed by atoms with Gasteiger partial charge in [-0.3, -0.25) is 4.79 Å². The van der Waals surface area contributed by atoms with Crippen LogP contribution in [0.3, 0.4) is 0 Å². The van der Waals surface area contributed by atoms with Crippen LogP contribution in [0.25, 0.3) is 0 Å². The number of halogens is 3. The second-order valence-electron chi connectivity index (χ2n) is 4.91. The minimum Gasteiger partial charge on any atom is -0.339 e. The zero-order valence-corrected chi connectivity index (χ0v) is 12.6. The lowest BCUT2D eigenvalue weighted by Gasteiger charge is -2.35. The van der Waals surface area contributed by atoms with Gasteiger partial charge < -0.3 is 4.90 Å². The minimum absolute atomic E-state index is 0.0142. The average Bonchev–Trinajstić information content (AvgIpc) is 2.29. The highest BCUT2D eigenvalue weighted by Crippen LogP contribution is 2.32. The molecule has 1 aliphatic rings. The van der Waals surface area contributed by atoms with E-state index in [1.807, 2.05) is 0 Å². The molecule has 0 aliphatic heterocycles. The molecule has 9 heteroatoms. The Kier molecular flexibility index (Phi) is 4.23. The maximum absolute atomic E-state index is 13.6. The molecule has 1 aliphatic carbocycles. The van der Waals surface area contributed by atoms with Crippen molar-refractivity contribution in [3.63, 3.8) is 0 Å². The summed E-state index contributed by atoms with van der Waals surface area (Å²) in [4.78, 5) is 12.4. The van der Waals surface area contributed by atoms with E-state index in [1.165, 1.54) is 11.9 Å². The predicted octanol–water partition coefficient (Wildman–Crippen LogP) is 1.89. The normalized spacial score (nSPS) is 15.7. The summed E-state index contributed by atoms with van der Waals surface area (Å²) in [7, 11) is -3.10. The van der Waals surface area contributed by atoms with E-state index in [0.717, 1.165) is 19.3 Å². The number of primary sulfonamides is 1. The van der Waals surface area contributed by atoms with Crippen molar-refractivity contribution in [3.8, 4) is 0 Å². The van der Waals surface area contributed by atoms with Crippen LogP contribution in [0.2, 0.25) is 5.02 Å². The first-order valence-electron chi connectivity index (χ1n) is 6.12. The van der Waals surface area contributed by atoms with Crippen molar-refractivity contribution in [3.05, 3.63) is 28.3 Å². The first kappa shape index (κ1) is 16.1. The van der Waals surface area contributed by atoms with Crippen LogP contribution in [-0.2, 0) is 10.0 Å². The van der Waals surface area contributed by atoms with E-state index in [4.69, 9.17) is 16.7 Å². The van der Waals surface area contributed by atoms with Crippen LogP contribution in [0.5, 0.6) is 0 Å². The highest BCUT2D eigenvalue weighted by Gasteiger charge is 2.32. The number of hydrogen-bond acceptors (Lipinski definition) is 3. The maximum Gasteiger partial charge on any atom is 0.255 e. The predicted molar refractivity (Wildman–Crippen MR) is 72.5 cm³/mol. The molecule has 0 radical (unpaired) electrons. The third-order valence-corrected chi connectivity index (χ3v) is 5.03. The number of amides is 1. The second kappa shape index (κ2) is 5.51. The van der Waals surface area contributed by atoms with Crippen molar-refractivity contribution in [2.75, 3.05) is 7.05 Å². The largest absolute Gasteiger partial charge is 0.339 e. The molecule has 1 fully saturated rings. The molecule has 0 atom stereocenters. The van der Waals surface area contributed by atoms with E-state index >= 15 is 0 Å². The Morgan fingerprint density at radius 1 is 1.43 bits per heavy atom. The Balaban J connectivity index is 2.54. The molecule has 0 aromatic heterocycles. The van der Waals surface area contributed by atoms with Gasteiger partial charge >= 0.3 is 0 Å². The van der Waals surface area contributed by atoms with Crippen molar-refractivity contribution in [1.29, 1.82) is 0 Å². The van der Waals surface area contributed by atoms with E-state index in [2.05, 4.69) is 0 Å². The average molecular weight is 339 g/mol. The highest BCUT2D eigenvalue weighted by atomic mass is 35.5. The molecule has 1 amide bonds. The van der Waals surface area contributed by atoms with Gasteiger partial charge in [-0.15, -0.1) is 0 Å². The molecular formula is C12H13ClF2N2O3S. The molecule has 1 aromatic rings. The number of rotatable bonds is 3. The number of carbonyl (C=O) groups is 1. The first-order valence-corrected chi connectivity index (χ1v) is 8.04. The van der Waals surface area contributed by atoms with E-state index in [9.17, 15) is 22.0 Å². The van der Waals surface area contributed by atoms with Crippen molar-refractivity contribution in [2.45, 2.75) is 30.2 Å². The Hall–Kier alpha value is -1.25. The molecule has 0 spiro atoms. The molecular weight excluding hydrogens is 326 g/mol. The summed E-state index contributed by atoms with van der Waals surface area (Å²) in [6.07, 6.45) is 2.56. The van der Waals surface area contributed by atoms with Gasteiger partial charge in [-0.2, -0.15) is 0 Å². The fourth-order valence-electron chi connectivity index (χ4n) is 2.12. The topological polar surface area (TPSA) is 80.5 Å². The summed E-state index contributed by atoms with van der Waals surface area (Å²) >= 11 is 5.76. The van der Waals surface area contributed by atoms with Crippen molar-refractivity contribution in [1.82, 2.24) is 4.90 Å². The van der Waals surface area contributed by atoms with Crippen LogP contribution in [0.15, 0.2) is 11.0 Å². The smallest absolute Gasteiger partial charge is 0.255 e. The first-order chi connectivity index (χ1) is 9.64. The van der Waals surface area contributed by atoms with E-state index in [0.29, 0.717) is 6.07 Å². The van der Waals surface area contributed by atoms with Gasteiger partial charge in [-0.25, -0.2) is 22.3 Å². The van der Waals surface area contributed by atoms with Gasteiger partial charge in [0.1, 0.15) is 4.90 Å². The van der Waals surface area contributed by atoms with Crippen LogP contribution in [0, 0.1) is 11.6 Å². The van der Waals surface area contributed by atoms with Gasteiger partial charge in [-0.05, 0) is 25.3 Å². The van der Waals surface area contributed by atoms with Crippen molar-refractivity contribution < 1.29 is 22.0 Å². The van der Waals surface area contributed by atoms with E-state index < -0.39 is 43.0 Å². The molecule has 0 heterocycles. The fraction of sp³-hybridized carbons (Fsp3) is 0.417. The number of carbonyl (C=O) groups excluding carboxylic acids is 1. The van der Waals surface area contributed by atoms with Crippen LogP contribution in [0.1, 0.15) is 29.6 Å². The maximum atomic E-state index is 13.6. The third kappa shape index (κ3) is 2.88. The van der Waals surface area contributed by atoms with Gasteiger partial charge in [0.2, 0.25) is 10.0 Å². The third-order valence-electron chi connectivity index (χ3n) is 3.57. The van der Waals surface area contributed by atoms with E-state index in [-0.39, 0.29) is 6.04 Å². The molecule has 1 aromatic carbocycles. The Bertz CT molecular complexity index is 705. The SMILES string of the molecule is CN(C(=O)c1cc(F)c(F)c(S(N)(=O)=O)c1Cl)C1CCC1. The van der Waals surface area contributed by atoms with Crippen molar-refractivity contribution >= 4 is 27.5 Å². The summed E-state index contributed by atoms with van der Waals surface area (Å²) in [6.45, 7) is 0. The summed E-state index contributed by atoms with van der Waals surface area (Å²) in [6, 6.07) is 0.573. The number of hydrogen-bond donors (Lipinski definition) is 1. The Morgan fingerprint density at radius 2 is 2.00 bits per heavy atom. The lowest BCUT2D eigenvalue weighted by atomic mass is 9.91. The van der Waals surface area contributed by atoms with Crippen LogP contribution < -0.4 is 5.14 Å². The minimum atomic E-state index is -4.60. The summed E-state index contributed by atoms with van der Waals surface area (Å²) in [5.74, 6) is -3.85. The van der Waals surface area contributed by atoms with Gasteiger partial charge in [0.25, 0.3) is 5.91 Å². The number of nitrogens with zero attached hydrogens (tertiary/aromatic N) is 1. The fourth-order valence-corrected chi connectivity index (χ4v) is 3.36. The highest BCUT2D eigenvalue weighted by molar-refractivity contribution is 7.89. The van der Waals surface area contributed by atoms with Gasteiger partial charge in [0.15, 0.2) is 11.6 Å². The Labute approximate surface area is 125 Å². The molecule has 0 bridgehead atoms. The lowest BCUT2D eigenvalue weighted by Crippen LogP contribution is -2.41. The van der Waals surface area contributed by atoms with Gasteiger partial charge in [0, 0.05) is 13.1 Å². The van der Waals surface area contributed by atoms with Gasteiger partial charge in [-0.1, -0.05) is 11.6 Å². The molecule has 5 nitrogen and oxygen atoms in total. The second-order valence-corrected chi connectivity index (χ2v) is 6.79. The molecule has 21 heavy (non-hydrogen) atoms. The molecule has 0 saturated heterocycles. The van der Waals surface area contributed by atoms with Gasteiger partial charge in [0.05, 0.1) is 10.6 Å². The molecule has 2 N–H and O–H groups in total. The quantitative estimate of drug-likeness (QED) is 0.855. The number of nitrogens with two attached hydrogens (primary N) is 1. The molecule has 116 valence electrons. The molecule has 0 unspecified atom stereocenters. The number of sulfonamides is 1. The van der Waals surface area contributed by atoms with Crippen LogP contribution in [-0.4, -0.2) is 32.3 Å². The summed E-state index contributed by atoms with van der Waals surface area (Å²) in [5, 5.41) is 4.12. The van der Waals surface area contributed by atoms with Crippen molar-refractivity contribution in [2.24, 2.45) is 5.14 Å². The van der Waals surface area contributed by atoms with Crippen LogP contribution >= 0.6 is 11.6 Å². The zero-order chi connectivity index (χ0) is 15.9. The standard InChI is InChI=1S/C12H13ClF2N2O3S/c1-17(6-3-2-4-6)12(18)7-5-8(14)10(15)11(9(7)13)21(16,19)20/h5-6H,2-4H2,1H3,(H2,16,19,20). The molecule has 2 rings (SSSR count). The van der Waals surface area contributed by atoms with Crippen LogP contribution in [0.4, 0.5) is 8.78 Å². The zero-order valence-electron chi connectivity index (χ0n) is 11.1.